The van der Waals surface area contributed by atoms with E-state index >= 15 is 0 Å². The van der Waals surface area contributed by atoms with Gasteiger partial charge in [-0.25, -0.2) is 30.3 Å². The molecule has 2 aromatic rings. The Bertz CT molecular complexity index is 1150. The van der Waals surface area contributed by atoms with Crippen LogP contribution in [-0.2, 0) is 33.1 Å². The van der Waals surface area contributed by atoms with Crippen LogP contribution in [0.25, 0.3) is 0 Å². The molecule has 0 unspecified atom stereocenters. The maximum Gasteiger partial charge on any atom is 0.511 e. The van der Waals surface area contributed by atoms with Gasteiger partial charge in [0.15, 0.2) is 0 Å². The quantitative estimate of drug-likeness (QED) is 0.578. The molecule has 0 amide bonds. The molecule has 33 heavy (non-hydrogen) atoms. The highest BCUT2D eigenvalue weighted by Crippen LogP contribution is 2.27. The first-order valence-electron chi connectivity index (χ1n) is 8.45. The van der Waals surface area contributed by atoms with Gasteiger partial charge in [-0.15, -0.1) is 0 Å². The maximum atomic E-state index is 13.1. The highest BCUT2D eigenvalue weighted by Gasteiger charge is 2.48. The fraction of sp³-hybridized carbons (Fsp3) is 0.294. The van der Waals surface area contributed by atoms with Crippen molar-refractivity contribution in [3.05, 3.63) is 71.3 Å². The van der Waals surface area contributed by atoms with Crippen molar-refractivity contribution >= 4 is 20.0 Å². The van der Waals surface area contributed by atoms with Gasteiger partial charge in [0.05, 0.1) is 0 Å². The molecule has 16 heteroatoms. The van der Waals surface area contributed by atoms with E-state index in [4.69, 9.17) is 0 Å². The number of nitrogens with one attached hydrogen (secondary N) is 1. The Kier molecular flexibility index (Phi) is 9.36. The minimum atomic E-state index is -5.43. The van der Waals surface area contributed by atoms with Gasteiger partial charge in [0.2, 0.25) is 0 Å². The van der Waals surface area contributed by atoms with Crippen molar-refractivity contribution in [1.82, 2.24) is 9.03 Å². The van der Waals surface area contributed by atoms with Crippen LogP contribution in [0.15, 0.2) is 48.5 Å². The molecule has 0 aliphatic carbocycles. The molecule has 0 aliphatic heterocycles. The molecule has 0 spiro atoms. The monoisotopic (exact) mass is 528 g/mol. The predicted octanol–water partition coefficient (Wildman–Crippen LogP) is 3.87. The van der Waals surface area contributed by atoms with E-state index in [9.17, 15) is 52.0 Å². The van der Waals surface area contributed by atoms with Crippen LogP contribution in [0.3, 0.4) is 0 Å². The molecule has 0 saturated heterocycles. The van der Waals surface area contributed by atoms with Gasteiger partial charge in [0.25, 0.3) is 0 Å². The van der Waals surface area contributed by atoms with Crippen LogP contribution in [0, 0.1) is 11.6 Å². The average molecular weight is 528 g/mol. The molecule has 0 radical (unpaired) electrons. The van der Waals surface area contributed by atoms with Crippen LogP contribution < -0.4 is 4.72 Å². The number of halogens is 8. The second-order valence-corrected chi connectivity index (χ2v) is 9.95. The second-order valence-electron chi connectivity index (χ2n) is 6.16. The summed E-state index contributed by atoms with van der Waals surface area (Å²) in [6.07, 6.45) is 0. The highest BCUT2D eigenvalue weighted by atomic mass is 32.2. The molecule has 0 aromatic heterocycles. The van der Waals surface area contributed by atoms with Crippen molar-refractivity contribution in [2.24, 2.45) is 0 Å². The Morgan fingerprint density at radius 3 is 1.58 bits per heavy atom. The molecule has 2 aromatic carbocycles. The normalized spacial score (nSPS) is 12.9. The second kappa shape index (κ2) is 10.8. The third kappa shape index (κ3) is 7.90. The smallest absolute Gasteiger partial charge is 0.207 e. The van der Waals surface area contributed by atoms with Gasteiger partial charge >= 0.3 is 31.1 Å². The van der Waals surface area contributed by atoms with E-state index < -0.39 is 55.8 Å². The van der Waals surface area contributed by atoms with E-state index in [1.807, 2.05) is 0 Å². The molecular weight excluding hydrogens is 512 g/mol. The fourth-order valence-electron chi connectivity index (χ4n) is 2.02. The Labute approximate surface area is 183 Å². The number of hydrogen-bond donors (Lipinski definition) is 1. The van der Waals surface area contributed by atoms with Gasteiger partial charge in [-0.2, -0.15) is 30.6 Å². The summed E-state index contributed by atoms with van der Waals surface area (Å²) in [6.45, 7) is -1.41. The average Bonchev–Trinajstić information content (AvgIpc) is 2.68. The van der Waals surface area contributed by atoms with Crippen LogP contribution in [-0.4, -0.2) is 39.2 Å². The van der Waals surface area contributed by atoms with Gasteiger partial charge in [-0.05, 0) is 12.1 Å². The van der Waals surface area contributed by atoms with Gasteiger partial charge in [0.1, 0.15) is 11.6 Å². The van der Waals surface area contributed by atoms with Crippen molar-refractivity contribution in [3.8, 4) is 0 Å². The zero-order chi connectivity index (χ0) is 25.7. The lowest BCUT2D eigenvalue weighted by atomic mass is 10.2. The number of benzene rings is 2. The number of nitrogens with zero attached hydrogens (tertiary/aromatic N) is 1. The van der Waals surface area contributed by atoms with E-state index in [2.05, 4.69) is 0 Å². The van der Waals surface area contributed by atoms with Gasteiger partial charge in [-0.3, -0.25) is 0 Å². The molecule has 0 bridgehead atoms. The first kappa shape index (κ1) is 28.7. The first-order valence-corrected chi connectivity index (χ1v) is 11.4. The standard InChI is InChI=1S/C9H9F4NO2S.C8H7F4NO2S/c1-14(17(15,16)9(11,12)13)6-7-4-2-3-5-8(7)10;9-7-4-2-1-3-6(7)5-13-16(14,15)8(10,11)12/h2-5H,6H2,1H3;1-4,13H,5H2. The molecule has 186 valence electrons. The lowest BCUT2D eigenvalue weighted by molar-refractivity contribution is -0.0485. The largest absolute Gasteiger partial charge is 0.511 e. The molecular formula is C17H16F8N2O4S2. The van der Waals surface area contributed by atoms with Crippen molar-refractivity contribution < 1.29 is 52.0 Å². The summed E-state index contributed by atoms with van der Waals surface area (Å²) in [6, 6.07) is 9.98. The molecule has 0 atom stereocenters. The molecule has 0 saturated carbocycles. The van der Waals surface area contributed by atoms with E-state index in [1.54, 1.807) is 0 Å². The first-order chi connectivity index (χ1) is 14.9. The number of hydrogen-bond acceptors (Lipinski definition) is 4. The molecule has 0 fully saturated rings. The van der Waals surface area contributed by atoms with Crippen LogP contribution >= 0.6 is 0 Å². The van der Waals surface area contributed by atoms with Gasteiger partial charge < -0.3 is 0 Å². The van der Waals surface area contributed by atoms with Crippen molar-refractivity contribution in [2.45, 2.75) is 24.1 Å². The third-order valence-corrected chi connectivity index (χ3v) is 6.44. The van der Waals surface area contributed by atoms with E-state index in [0.29, 0.717) is 0 Å². The Hall–Kier alpha value is -2.30. The molecule has 2 rings (SSSR count). The van der Waals surface area contributed by atoms with E-state index in [1.165, 1.54) is 41.1 Å². The van der Waals surface area contributed by atoms with E-state index in [-0.39, 0.29) is 15.4 Å². The molecule has 6 nitrogen and oxygen atoms in total. The van der Waals surface area contributed by atoms with Gasteiger partial charge in [-0.1, -0.05) is 36.4 Å². The third-order valence-electron chi connectivity index (χ3n) is 3.77. The highest BCUT2D eigenvalue weighted by molar-refractivity contribution is 7.90. The van der Waals surface area contributed by atoms with E-state index in [0.717, 1.165) is 19.2 Å². The minimum absolute atomic E-state index is 0.0609. The fourth-order valence-corrected chi connectivity index (χ4v) is 3.20. The Morgan fingerprint density at radius 1 is 0.758 bits per heavy atom. The summed E-state index contributed by atoms with van der Waals surface area (Å²) >= 11 is 0. The van der Waals surface area contributed by atoms with Crippen molar-refractivity contribution in [3.63, 3.8) is 0 Å². The summed E-state index contributed by atoms with van der Waals surface area (Å²) in [7, 11) is -10.1. The Morgan fingerprint density at radius 2 is 1.18 bits per heavy atom. The number of rotatable bonds is 6. The summed E-state index contributed by atoms with van der Waals surface area (Å²) in [5, 5.41) is 0. The van der Waals surface area contributed by atoms with Gasteiger partial charge in [0, 0.05) is 31.3 Å². The zero-order valence-electron chi connectivity index (χ0n) is 16.5. The topological polar surface area (TPSA) is 83.6 Å². The summed E-state index contributed by atoms with van der Waals surface area (Å²) < 4.78 is 143. The molecule has 0 heterocycles. The van der Waals surface area contributed by atoms with Crippen molar-refractivity contribution in [1.29, 1.82) is 0 Å². The van der Waals surface area contributed by atoms with Crippen LogP contribution in [0.1, 0.15) is 11.1 Å². The number of sulfonamides is 2. The minimum Gasteiger partial charge on any atom is -0.207 e. The predicted molar refractivity (Wildman–Crippen MR) is 101 cm³/mol. The summed E-state index contributed by atoms with van der Waals surface area (Å²) in [4.78, 5) is 0. The van der Waals surface area contributed by atoms with Crippen molar-refractivity contribution in [2.75, 3.05) is 7.05 Å². The van der Waals surface area contributed by atoms with Crippen LogP contribution in [0.2, 0.25) is 0 Å². The molecule has 1 N–H and O–H groups in total. The zero-order valence-corrected chi connectivity index (χ0v) is 18.1. The maximum absolute atomic E-state index is 13.1. The van der Waals surface area contributed by atoms with Crippen LogP contribution in [0.5, 0.6) is 0 Å². The SMILES string of the molecule is CN(Cc1ccccc1F)S(=O)(=O)C(F)(F)F.O=S(=O)(NCc1ccccc1F)C(F)(F)F. The Balaban J connectivity index is 0.000000331. The summed E-state index contributed by atoms with van der Waals surface area (Å²) in [5.74, 6) is -1.52. The lowest BCUT2D eigenvalue weighted by Gasteiger charge is -2.18. The lowest BCUT2D eigenvalue weighted by Crippen LogP contribution is -2.37. The summed E-state index contributed by atoms with van der Waals surface area (Å²) in [5.41, 5.74) is -11.1. The van der Waals surface area contributed by atoms with Crippen LogP contribution in [0.4, 0.5) is 35.1 Å². The number of alkyl halides is 6. The molecule has 0 aliphatic rings.